The number of ether oxygens (including phenoxy) is 2. The van der Waals surface area contributed by atoms with Crippen molar-refractivity contribution >= 4 is 23.0 Å². The Bertz CT molecular complexity index is 1130. The molecule has 2 aromatic carbocycles. The number of rotatable bonds is 2. The smallest absolute Gasteiger partial charge is 0.388 e. The quantitative estimate of drug-likeness (QED) is 0.299. The lowest BCUT2D eigenvalue weighted by atomic mass is 10.1. The molecule has 2 aliphatic heterocycles. The molecule has 34 heavy (non-hydrogen) atoms. The molecule has 0 atom stereocenters. The summed E-state index contributed by atoms with van der Waals surface area (Å²) >= 11 is 5.35. The lowest BCUT2D eigenvalue weighted by Crippen LogP contribution is -2.17. The Hall–Kier alpha value is -3.31. The first-order chi connectivity index (χ1) is 15.3. The van der Waals surface area contributed by atoms with Crippen molar-refractivity contribution in [2.75, 3.05) is 0 Å². The normalized spacial score (nSPS) is 20.0. The molecule has 0 saturated heterocycles. The van der Waals surface area contributed by atoms with Crippen molar-refractivity contribution in [1.82, 2.24) is 0 Å². The van der Waals surface area contributed by atoms with Crippen LogP contribution in [-0.2, 0) is 33.9 Å². The minimum Gasteiger partial charge on any atom is -0.502 e. The zero-order valence-corrected chi connectivity index (χ0v) is 16.3. The van der Waals surface area contributed by atoms with Gasteiger partial charge in [-0.15, -0.1) is 0 Å². The molecular formula is C16H5ClF8N2O7. The Morgan fingerprint density at radius 1 is 0.676 bits per heavy atom. The molecular weight excluding hydrogens is 520 g/mol. The number of benzene rings is 2. The number of nitro benzene ring substituents is 2. The van der Waals surface area contributed by atoms with Crippen LogP contribution in [0.3, 0.4) is 0 Å². The fourth-order valence-electron chi connectivity index (χ4n) is 2.93. The number of alkyl halides is 8. The van der Waals surface area contributed by atoms with Gasteiger partial charge in [-0.05, 0) is 12.1 Å². The zero-order valence-electron chi connectivity index (χ0n) is 15.5. The second kappa shape index (κ2) is 7.60. The van der Waals surface area contributed by atoms with E-state index in [1.807, 2.05) is 0 Å². The molecule has 2 aliphatic rings. The van der Waals surface area contributed by atoms with Gasteiger partial charge >= 0.3 is 30.1 Å². The molecule has 0 unspecified atom stereocenters. The van der Waals surface area contributed by atoms with Gasteiger partial charge in [-0.2, -0.15) is 35.1 Å². The highest BCUT2D eigenvalue weighted by molar-refractivity contribution is 6.32. The maximum Gasteiger partial charge on any atom is 0.388 e. The Morgan fingerprint density at radius 3 is 1.38 bits per heavy atom. The van der Waals surface area contributed by atoms with Gasteiger partial charge in [-0.3, -0.25) is 20.2 Å². The number of hydrogen-bond acceptors (Lipinski definition) is 7. The van der Waals surface area contributed by atoms with Crippen molar-refractivity contribution in [1.29, 1.82) is 0 Å². The molecule has 0 amide bonds. The van der Waals surface area contributed by atoms with Crippen molar-refractivity contribution in [2.45, 2.75) is 24.4 Å². The van der Waals surface area contributed by atoms with Gasteiger partial charge in [0.2, 0.25) is 0 Å². The largest absolute Gasteiger partial charge is 0.502 e. The third-order valence-corrected chi connectivity index (χ3v) is 4.66. The highest BCUT2D eigenvalue weighted by Crippen LogP contribution is 2.54. The van der Waals surface area contributed by atoms with Crippen molar-refractivity contribution in [2.24, 2.45) is 0 Å². The SMILES string of the molecule is O=[N+]([O-])c1cc2c(cc1Cl)C(F)(F)OC2(F)F.O=[N+]([O-])c1cc2c(cc1O)C(F)(F)OC2(F)F. The number of aromatic hydroxyl groups is 1. The van der Waals surface area contributed by atoms with E-state index in [2.05, 4.69) is 9.47 Å². The van der Waals surface area contributed by atoms with Gasteiger partial charge in [-0.1, -0.05) is 11.6 Å². The third kappa shape index (κ3) is 4.16. The molecule has 0 fully saturated rings. The van der Waals surface area contributed by atoms with Crippen LogP contribution in [0.4, 0.5) is 46.5 Å². The highest BCUT2D eigenvalue weighted by atomic mass is 35.5. The molecule has 184 valence electrons. The topological polar surface area (TPSA) is 125 Å². The predicted molar refractivity (Wildman–Crippen MR) is 90.6 cm³/mol. The summed E-state index contributed by atoms with van der Waals surface area (Å²) in [5.41, 5.74) is -7.01. The molecule has 1 N–H and O–H groups in total. The van der Waals surface area contributed by atoms with Gasteiger partial charge in [-0.25, -0.2) is 9.47 Å². The molecule has 18 heteroatoms. The van der Waals surface area contributed by atoms with Crippen molar-refractivity contribution in [3.8, 4) is 5.75 Å². The molecule has 0 aromatic heterocycles. The molecule has 0 saturated carbocycles. The number of phenols is 1. The van der Waals surface area contributed by atoms with Gasteiger partial charge in [0.1, 0.15) is 5.02 Å². The van der Waals surface area contributed by atoms with E-state index < -0.39 is 78.7 Å². The first kappa shape index (κ1) is 25.3. The van der Waals surface area contributed by atoms with Crippen molar-refractivity contribution < 1.29 is 59.6 Å². The van der Waals surface area contributed by atoms with Gasteiger partial charge in [0.15, 0.2) is 5.75 Å². The molecule has 0 spiro atoms. The Labute approximate surface area is 185 Å². The summed E-state index contributed by atoms with van der Waals surface area (Å²) in [7, 11) is 0. The van der Waals surface area contributed by atoms with E-state index in [0.717, 1.165) is 0 Å². The van der Waals surface area contributed by atoms with Crippen molar-refractivity contribution in [3.05, 3.63) is 71.8 Å². The fraction of sp³-hybridized carbons (Fsp3) is 0.250. The number of halogens is 9. The van der Waals surface area contributed by atoms with Crippen LogP contribution in [0.5, 0.6) is 5.75 Å². The number of hydrogen-bond donors (Lipinski definition) is 1. The van der Waals surface area contributed by atoms with Crippen LogP contribution in [0.2, 0.25) is 5.02 Å². The average molecular weight is 525 g/mol. The summed E-state index contributed by atoms with van der Waals surface area (Å²) in [4.78, 5) is 18.6. The van der Waals surface area contributed by atoms with E-state index in [9.17, 15) is 55.4 Å². The number of phenolic OH excluding ortho intramolecular Hbond substituents is 1. The number of fused-ring (bicyclic) bond motifs is 2. The first-order valence-electron chi connectivity index (χ1n) is 8.23. The van der Waals surface area contributed by atoms with Crippen LogP contribution >= 0.6 is 11.6 Å². The molecule has 0 radical (unpaired) electrons. The molecule has 0 aliphatic carbocycles. The molecule has 9 nitrogen and oxygen atoms in total. The Morgan fingerprint density at radius 2 is 1.00 bits per heavy atom. The summed E-state index contributed by atoms with van der Waals surface area (Å²) in [5.74, 6) is -1.13. The van der Waals surface area contributed by atoms with E-state index in [-0.39, 0.29) is 12.1 Å². The predicted octanol–water partition coefficient (Wildman–Crippen LogP) is 5.81. The minimum absolute atomic E-state index is 0.172. The lowest BCUT2D eigenvalue weighted by molar-refractivity contribution is -0.386. The summed E-state index contributed by atoms with van der Waals surface area (Å²) in [6, 6.07) is 1.08. The maximum atomic E-state index is 13.0. The Kier molecular flexibility index (Phi) is 5.66. The molecule has 2 aromatic rings. The van der Waals surface area contributed by atoms with E-state index in [0.29, 0.717) is 12.1 Å². The van der Waals surface area contributed by atoms with Crippen LogP contribution in [0.25, 0.3) is 0 Å². The van der Waals surface area contributed by atoms with Gasteiger partial charge in [0.25, 0.3) is 5.69 Å². The molecule has 4 rings (SSSR count). The minimum atomic E-state index is -4.34. The van der Waals surface area contributed by atoms with Crippen LogP contribution in [0, 0.1) is 20.2 Å². The highest BCUT2D eigenvalue weighted by Gasteiger charge is 2.59. The van der Waals surface area contributed by atoms with Crippen LogP contribution in [0.1, 0.15) is 22.3 Å². The van der Waals surface area contributed by atoms with Crippen LogP contribution in [0.15, 0.2) is 24.3 Å². The van der Waals surface area contributed by atoms with E-state index >= 15 is 0 Å². The summed E-state index contributed by atoms with van der Waals surface area (Å²) < 4.78 is 110. The summed E-state index contributed by atoms with van der Waals surface area (Å²) in [6.07, 6.45) is -17.1. The fourth-order valence-corrected chi connectivity index (χ4v) is 3.16. The second-order valence-corrected chi connectivity index (χ2v) is 6.93. The average Bonchev–Trinajstić information content (AvgIpc) is 2.94. The van der Waals surface area contributed by atoms with E-state index in [1.165, 1.54) is 0 Å². The number of nitrogens with zero attached hydrogens (tertiary/aromatic N) is 2. The standard InChI is InChI=1S/C8H2ClF4NO3.C8H3F4NO4/c9-5-1-3-4(2-6(5)14(15)16)8(12,13)17-7(3,10)11;9-7(10)3-1-5(13(15)16)6(14)2-4(3)8(11,12)17-7/h1-2H;1-2,14H. The van der Waals surface area contributed by atoms with Gasteiger partial charge in [0, 0.05) is 12.1 Å². The van der Waals surface area contributed by atoms with Gasteiger partial charge in [0.05, 0.1) is 32.1 Å². The van der Waals surface area contributed by atoms with Gasteiger partial charge < -0.3 is 5.11 Å². The van der Waals surface area contributed by atoms with Crippen LogP contribution in [-0.4, -0.2) is 15.0 Å². The zero-order chi connectivity index (χ0) is 26.0. The summed E-state index contributed by atoms with van der Waals surface area (Å²) in [5, 5.41) is 29.2. The monoisotopic (exact) mass is 524 g/mol. The lowest BCUT2D eigenvalue weighted by Gasteiger charge is -2.10. The molecule has 2 heterocycles. The number of nitro groups is 2. The Balaban J connectivity index is 0.000000191. The maximum absolute atomic E-state index is 13.0. The van der Waals surface area contributed by atoms with Crippen LogP contribution < -0.4 is 0 Å². The summed E-state index contributed by atoms with van der Waals surface area (Å²) in [6.45, 7) is 0. The van der Waals surface area contributed by atoms with E-state index in [1.54, 1.807) is 0 Å². The molecule has 0 bridgehead atoms. The second-order valence-electron chi connectivity index (χ2n) is 6.52. The van der Waals surface area contributed by atoms with Crippen molar-refractivity contribution in [3.63, 3.8) is 0 Å². The first-order valence-corrected chi connectivity index (χ1v) is 8.61. The van der Waals surface area contributed by atoms with E-state index in [4.69, 9.17) is 16.7 Å². The third-order valence-electron chi connectivity index (χ3n) is 4.36.